The van der Waals surface area contributed by atoms with Gasteiger partial charge in [0.25, 0.3) is 0 Å². The number of thiocarbonyl (C=S) groups is 1. The summed E-state index contributed by atoms with van der Waals surface area (Å²) in [6, 6.07) is 19.5. The number of aromatic nitrogens is 2. The zero-order valence-corrected chi connectivity index (χ0v) is 21.2. The Morgan fingerprint density at radius 3 is 2.47 bits per heavy atom. The summed E-state index contributed by atoms with van der Waals surface area (Å²) < 4.78 is 43.2. The molecule has 0 radical (unpaired) electrons. The average Bonchev–Trinajstić information content (AvgIpc) is 3.30. The molecule has 2 heterocycles. The quantitative estimate of drug-likeness (QED) is 0.145. The number of halogens is 3. The number of nitrogens with one attached hydrogen (secondary N) is 2. The summed E-state index contributed by atoms with van der Waals surface area (Å²) in [5, 5.41) is 9.72. The van der Waals surface area contributed by atoms with E-state index in [0.29, 0.717) is 10.7 Å². The van der Waals surface area contributed by atoms with Gasteiger partial charge in [0.05, 0.1) is 18.1 Å². The number of rotatable bonds is 5. The zero-order chi connectivity index (χ0) is 26.9. The minimum atomic E-state index is -4.73. The molecule has 5 rings (SSSR count). The van der Waals surface area contributed by atoms with Crippen molar-refractivity contribution in [3.05, 3.63) is 95.8 Å². The van der Waals surface area contributed by atoms with Crippen molar-refractivity contribution in [1.82, 2.24) is 14.8 Å². The third-order valence-electron chi connectivity index (χ3n) is 6.00. The lowest BCUT2D eigenvalue weighted by Crippen LogP contribution is -2.24. The van der Waals surface area contributed by atoms with Gasteiger partial charge in [-0.05, 0) is 90.6 Å². The van der Waals surface area contributed by atoms with Gasteiger partial charge in [-0.15, -0.1) is 13.2 Å². The maximum atomic E-state index is 12.5. The van der Waals surface area contributed by atoms with E-state index in [2.05, 4.69) is 25.6 Å². The van der Waals surface area contributed by atoms with E-state index in [1.54, 1.807) is 24.5 Å². The summed E-state index contributed by atoms with van der Waals surface area (Å²) in [5.41, 5.74) is 9.06. The van der Waals surface area contributed by atoms with E-state index in [4.69, 9.17) is 12.2 Å². The van der Waals surface area contributed by atoms with Gasteiger partial charge < -0.3 is 10.1 Å². The minimum Gasteiger partial charge on any atom is -0.406 e. The Balaban J connectivity index is 1.32. The SMILES string of the molecule is Cc1cccc(C)c1NC(=S)NN=Cc1ccc2c(ccn3c(-c4ccc(OC(F)(F)F)cc4)cnc23)c1. The molecule has 2 aromatic heterocycles. The second-order valence-electron chi connectivity index (χ2n) is 8.66. The van der Waals surface area contributed by atoms with E-state index in [1.165, 1.54) is 12.1 Å². The fourth-order valence-corrected chi connectivity index (χ4v) is 4.38. The summed E-state index contributed by atoms with van der Waals surface area (Å²) in [6.45, 7) is 4.03. The standard InChI is InChI=1S/C28H22F3N5OS/c1-17-4-3-5-18(2)25(17)34-27(38)35-33-15-19-6-11-23-21(14-19)12-13-36-24(16-32-26(23)36)20-7-9-22(10-8-20)37-28(29,30)31/h3-16H,1-2H3,(H2,34,35,38). The molecule has 3 aromatic carbocycles. The van der Waals surface area contributed by atoms with Crippen LogP contribution < -0.4 is 15.5 Å². The summed E-state index contributed by atoms with van der Waals surface area (Å²) in [6.07, 6.45) is 0.525. The monoisotopic (exact) mass is 533 g/mol. The highest BCUT2D eigenvalue weighted by Crippen LogP contribution is 2.29. The highest BCUT2D eigenvalue weighted by molar-refractivity contribution is 7.80. The van der Waals surface area contributed by atoms with Gasteiger partial charge in [0.1, 0.15) is 11.4 Å². The molecule has 0 atom stereocenters. The largest absolute Gasteiger partial charge is 0.573 e. The van der Waals surface area contributed by atoms with E-state index in [1.807, 2.05) is 66.9 Å². The van der Waals surface area contributed by atoms with Crippen molar-refractivity contribution in [3.8, 4) is 17.0 Å². The summed E-state index contributed by atoms with van der Waals surface area (Å²) in [5.74, 6) is -0.272. The molecule has 5 aromatic rings. The Bertz CT molecular complexity index is 1660. The molecule has 38 heavy (non-hydrogen) atoms. The average molecular weight is 534 g/mol. The predicted octanol–water partition coefficient (Wildman–Crippen LogP) is 6.99. The summed E-state index contributed by atoms with van der Waals surface area (Å²) in [7, 11) is 0. The van der Waals surface area contributed by atoms with E-state index in [0.717, 1.165) is 44.5 Å². The number of hydrazone groups is 1. The van der Waals surface area contributed by atoms with Gasteiger partial charge in [-0.3, -0.25) is 9.83 Å². The van der Waals surface area contributed by atoms with E-state index >= 15 is 0 Å². The Morgan fingerprint density at radius 2 is 1.76 bits per heavy atom. The van der Waals surface area contributed by atoms with Crippen LogP contribution in [0, 0.1) is 13.8 Å². The van der Waals surface area contributed by atoms with Crippen molar-refractivity contribution in [2.24, 2.45) is 5.10 Å². The first-order chi connectivity index (χ1) is 18.2. The fraction of sp³-hybridized carbons (Fsp3) is 0.107. The molecule has 0 bridgehead atoms. The lowest BCUT2D eigenvalue weighted by atomic mass is 10.1. The second kappa shape index (κ2) is 10.1. The Hall–Kier alpha value is -4.44. The van der Waals surface area contributed by atoms with Gasteiger partial charge in [0.2, 0.25) is 0 Å². The first kappa shape index (κ1) is 25.2. The van der Waals surface area contributed by atoms with Crippen LogP contribution in [-0.4, -0.2) is 27.1 Å². The molecule has 0 amide bonds. The molecule has 192 valence electrons. The Labute approximate surface area is 221 Å². The highest BCUT2D eigenvalue weighted by Gasteiger charge is 2.31. The van der Waals surface area contributed by atoms with Crippen LogP contribution in [0.25, 0.3) is 27.7 Å². The molecule has 0 unspecified atom stereocenters. The van der Waals surface area contributed by atoms with Crippen LogP contribution >= 0.6 is 12.2 Å². The molecular weight excluding hydrogens is 511 g/mol. The van der Waals surface area contributed by atoms with Gasteiger partial charge in [-0.25, -0.2) is 4.98 Å². The number of pyridine rings is 1. The van der Waals surface area contributed by atoms with Crippen molar-refractivity contribution >= 4 is 45.7 Å². The number of aryl methyl sites for hydroxylation is 2. The number of para-hydroxylation sites is 1. The lowest BCUT2D eigenvalue weighted by molar-refractivity contribution is -0.274. The molecule has 0 aliphatic carbocycles. The van der Waals surface area contributed by atoms with Crippen LogP contribution in [0.2, 0.25) is 0 Å². The van der Waals surface area contributed by atoms with Gasteiger partial charge in [-0.2, -0.15) is 5.10 Å². The smallest absolute Gasteiger partial charge is 0.406 e. The van der Waals surface area contributed by atoms with Gasteiger partial charge >= 0.3 is 6.36 Å². The van der Waals surface area contributed by atoms with E-state index < -0.39 is 6.36 Å². The normalized spacial score (nSPS) is 11.8. The number of hydrogen-bond acceptors (Lipinski definition) is 4. The number of anilines is 1. The molecule has 2 N–H and O–H groups in total. The van der Waals surface area contributed by atoms with Crippen molar-refractivity contribution in [3.63, 3.8) is 0 Å². The van der Waals surface area contributed by atoms with Crippen LogP contribution in [0.3, 0.4) is 0 Å². The number of hydrogen-bond donors (Lipinski definition) is 2. The maximum Gasteiger partial charge on any atom is 0.573 e. The molecule has 0 aliphatic rings. The molecule has 6 nitrogen and oxygen atoms in total. The van der Waals surface area contributed by atoms with Crippen molar-refractivity contribution < 1.29 is 17.9 Å². The minimum absolute atomic E-state index is 0.272. The van der Waals surface area contributed by atoms with Crippen molar-refractivity contribution in [2.75, 3.05) is 5.32 Å². The van der Waals surface area contributed by atoms with Crippen LogP contribution in [0.15, 0.2) is 84.2 Å². The van der Waals surface area contributed by atoms with Crippen LogP contribution in [0.4, 0.5) is 18.9 Å². The van der Waals surface area contributed by atoms with Crippen molar-refractivity contribution in [1.29, 1.82) is 0 Å². The third kappa shape index (κ3) is 5.45. The topological polar surface area (TPSA) is 63.0 Å². The molecule has 0 aliphatic heterocycles. The molecule has 0 spiro atoms. The fourth-order valence-electron chi connectivity index (χ4n) is 4.23. The first-order valence-corrected chi connectivity index (χ1v) is 12.0. The van der Waals surface area contributed by atoms with Crippen LogP contribution in [0.5, 0.6) is 5.75 Å². The molecule has 0 saturated heterocycles. The molecule has 10 heteroatoms. The zero-order valence-electron chi connectivity index (χ0n) is 20.4. The molecule has 0 fully saturated rings. The summed E-state index contributed by atoms with van der Waals surface area (Å²) >= 11 is 5.37. The summed E-state index contributed by atoms with van der Waals surface area (Å²) in [4.78, 5) is 4.55. The second-order valence-corrected chi connectivity index (χ2v) is 9.07. The van der Waals surface area contributed by atoms with Gasteiger partial charge in [0.15, 0.2) is 5.11 Å². The molecule has 0 saturated carbocycles. The van der Waals surface area contributed by atoms with E-state index in [-0.39, 0.29) is 5.75 Å². The van der Waals surface area contributed by atoms with Gasteiger partial charge in [0, 0.05) is 22.8 Å². The number of fused-ring (bicyclic) bond motifs is 3. The maximum absolute atomic E-state index is 12.5. The lowest BCUT2D eigenvalue weighted by Gasteiger charge is -2.12. The molecular formula is C28H22F3N5OS. The van der Waals surface area contributed by atoms with Gasteiger partial charge in [-0.1, -0.05) is 24.3 Å². The third-order valence-corrected chi connectivity index (χ3v) is 6.19. The number of ether oxygens (including phenoxy) is 1. The Morgan fingerprint density at radius 1 is 1.03 bits per heavy atom. The number of alkyl halides is 3. The highest BCUT2D eigenvalue weighted by atomic mass is 32.1. The number of nitrogens with zero attached hydrogens (tertiary/aromatic N) is 3. The first-order valence-electron chi connectivity index (χ1n) is 11.6. The van der Waals surface area contributed by atoms with Crippen molar-refractivity contribution in [2.45, 2.75) is 20.2 Å². The van der Waals surface area contributed by atoms with Crippen LogP contribution in [0.1, 0.15) is 16.7 Å². The number of imidazole rings is 1. The predicted molar refractivity (Wildman–Crippen MR) is 148 cm³/mol. The van der Waals surface area contributed by atoms with Crippen LogP contribution in [-0.2, 0) is 0 Å². The van der Waals surface area contributed by atoms with E-state index in [9.17, 15) is 13.2 Å². The number of benzene rings is 3. The Kier molecular flexibility index (Phi) is 6.73.